The van der Waals surface area contributed by atoms with Crippen molar-refractivity contribution >= 4 is 29.1 Å². The van der Waals surface area contributed by atoms with E-state index in [2.05, 4.69) is 0 Å². The summed E-state index contributed by atoms with van der Waals surface area (Å²) in [7, 11) is 1.80. The highest BCUT2D eigenvalue weighted by atomic mass is 35.5. The normalized spacial score (nSPS) is 10.4. The molecule has 0 aliphatic heterocycles. The number of carbonyl (C=O) groups excluding carboxylic acids is 1. The molecule has 0 aliphatic carbocycles. The molecule has 0 unspecified atom stereocenters. The molecule has 0 bridgehead atoms. The van der Waals surface area contributed by atoms with Crippen LogP contribution < -0.4 is 4.74 Å². The van der Waals surface area contributed by atoms with Gasteiger partial charge in [-0.2, -0.15) is 0 Å². The van der Waals surface area contributed by atoms with Crippen molar-refractivity contribution in [3.63, 3.8) is 0 Å². The molecule has 0 saturated heterocycles. The van der Waals surface area contributed by atoms with Crippen LogP contribution in [0.2, 0.25) is 10.0 Å². The van der Waals surface area contributed by atoms with E-state index in [-0.39, 0.29) is 5.91 Å². The van der Waals surface area contributed by atoms with Crippen molar-refractivity contribution in [2.24, 2.45) is 0 Å². The first-order chi connectivity index (χ1) is 11.1. The number of benzene rings is 2. The third-order valence-electron chi connectivity index (χ3n) is 3.41. The number of unbranched alkanes of at least 4 members (excludes halogenated alkanes) is 1. The van der Waals surface area contributed by atoms with Gasteiger partial charge < -0.3 is 9.64 Å². The molecule has 122 valence electrons. The number of hydrogen-bond donors (Lipinski definition) is 0. The van der Waals surface area contributed by atoms with E-state index >= 15 is 0 Å². The predicted molar refractivity (Wildman–Crippen MR) is 94.6 cm³/mol. The molecule has 2 rings (SSSR count). The Hall–Kier alpha value is -1.71. The van der Waals surface area contributed by atoms with Gasteiger partial charge in [-0.25, -0.2) is 0 Å². The van der Waals surface area contributed by atoms with Gasteiger partial charge in [-0.1, -0.05) is 23.2 Å². The molecule has 0 fully saturated rings. The fourth-order valence-electron chi connectivity index (χ4n) is 2.09. The maximum Gasteiger partial charge on any atom is 0.253 e. The van der Waals surface area contributed by atoms with Gasteiger partial charge in [0.05, 0.1) is 6.61 Å². The van der Waals surface area contributed by atoms with E-state index in [4.69, 9.17) is 27.9 Å². The number of carbonyl (C=O) groups is 1. The second kappa shape index (κ2) is 8.80. The summed E-state index contributed by atoms with van der Waals surface area (Å²) >= 11 is 11.6. The Morgan fingerprint density at radius 2 is 1.52 bits per heavy atom. The Labute approximate surface area is 146 Å². The Balaban J connectivity index is 1.68. The first-order valence-corrected chi connectivity index (χ1v) is 8.21. The van der Waals surface area contributed by atoms with Crippen molar-refractivity contribution in [3.8, 4) is 5.75 Å². The van der Waals surface area contributed by atoms with E-state index in [1.807, 2.05) is 12.1 Å². The summed E-state index contributed by atoms with van der Waals surface area (Å²) in [6, 6.07) is 14.2. The van der Waals surface area contributed by atoms with E-state index in [1.165, 1.54) is 0 Å². The summed E-state index contributed by atoms with van der Waals surface area (Å²) in [5.41, 5.74) is 0.648. The lowest BCUT2D eigenvalue weighted by atomic mass is 10.2. The molecule has 23 heavy (non-hydrogen) atoms. The van der Waals surface area contributed by atoms with Crippen molar-refractivity contribution in [1.29, 1.82) is 0 Å². The zero-order valence-corrected chi connectivity index (χ0v) is 14.5. The van der Waals surface area contributed by atoms with Gasteiger partial charge in [-0.3, -0.25) is 4.79 Å². The largest absolute Gasteiger partial charge is 0.494 e. The van der Waals surface area contributed by atoms with Gasteiger partial charge >= 0.3 is 0 Å². The molecule has 0 saturated carbocycles. The van der Waals surface area contributed by atoms with Crippen LogP contribution in [0.4, 0.5) is 0 Å². The second-order valence-electron chi connectivity index (χ2n) is 5.24. The molecule has 2 aromatic carbocycles. The molecule has 1 amide bonds. The van der Waals surface area contributed by atoms with Crippen molar-refractivity contribution in [2.45, 2.75) is 12.8 Å². The molecular formula is C18H19Cl2NO2. The second-order valence-corrected chi connectivity index (χ2v) is 6.12. The Morgan fingerprint density at radius 1 is 0.957 bits per heavy atom. The molecule has 0 atom stereocenters. The molecule has 0 heterocycles. The molecule has 0 N–H and O–H groups in total. The van der Waals surface area contributed by atoms with Crippen LogP contribution in [0, 0.1) is 0 Å². The van der Waals surface area contributed by atoms with Gasteiger partial charge in [-0.05, 0) is 61.4 Å². The summed E-state index contributed by atoms with van der Waals surface area (Å²) in [5, 5.41) is 1.32. The third kappa shape index (κ3) is 5.77. The fourth-order valence-corrected chi connectivity index (χ4v) is 2.34. The topological polar surface area (TPSA) is 29.5 Å². The maximum atomic E-state index is 12.2. The van der Waals surface area contributed by atoms with Gasteiger partial charge in [-0.15, -0.1) is 0 Å². The van der Waals surface area contributed by atoms with Gasteiger partial charge in [0, 0.05) is 29.2 Å². The van der Waals surface area contributed by atoms with Gasteiger partial charge in [0.2, 0.25) is 0 Å². The highest BCUT2D eigenvalue weighted by Gasteiger charge is 2.10. The third-order valence-corrected chi connectivity index (χ3v) is 3.91. The lowest BCUT2D eigenvalue weighted by Gasteiger charge is -2.17. The van der Waals surface area contributed by atoms with E-state index < -0.39 is 0 Å². The minimum atomic E-state index is 0.000265. The number of ether oxygens (including phenoxy) is 1. The SMILES string of the molecule is CN(CCCCOc1ccc(Cl)cc1)C(=O)c1ccc(Cl)cc1. The summed E-state index contributed by atoms with van der Waals surface area (Å²) in [4.78, 5) is 13.9. The van der Waals surface area contributed by atoms with Crippen LogP contribution in [0.3, 0.4) is 0 Å². The van der Waals surface area contributed by atoms with E-state index in [0.717, 1.165) is 18.6 Å². The summed E-state index contributed by atoms with van der Waals surface area (Å²) in [6.45, 7) is 1.30. The van der Waals surface area contributed by atoms with Gasteiger partial charge in [0.1, 0.15) is 5.75 Å². The number of halogens is 2. The van der Waals surface area contributed by atoms with Crippen molar-refractivity contribution in [3.05, 3.63) is 64.1 Å². The average Bonchev–Trinajstić information content (AvgIpc) is 2.56. The van der Waals surface area contributed by atoms with Crippen LogP contribution >= 0.6 is 23.2 Å². The summed E-state index contributed by atoms with van der Waals surface area (Å²) in [5.74, 6) is 0.806. The zero-order valence-electron chi connectivity index (χ0n) is 13.0. The first kappa shape index (κ1) is 17.6. The minimum Gasteiger partial charge on any atom is -0.494 e. The molecule has 0 aliphatic rings. The fraction of sp³-hybridized carbons (Fsp3) is 0.278. The Bertz CT molecular complexity index is 626. The van der Waals surface area contributed by atoms with Crippen LogP contribution in [0.15, 0.2) is 48.5 Å². The van der Waals surface area contributed by atoms with E-state index in [1.54, 1.807) is 48.3 Å². The molecule has 0 radical (unpaired) electrons. The van der Waals surface area contributed by atoms with Crippen LogP contribution in [-0.2, 0) is 0 Å². The molecule has 5 heteroatoms. The lowest BCUT2D eigenvalue weighted by molar-refractivity contribution is 0.0791. The molecule has 3 nitrogen and oxygen atoms in total. The Morgan fingerprint density at radius 3 is 2.13 bits per heavy atom. The number of nitrogens with zero attached hydrogens (tertiary/aromatic N) is 1. The van der Waals surface area contributed by atoms with Crippen molar-refractivity contribution in [2.75, 3.05) is 20.2 Å². The standard InChI is InChI=1S/C18H19Cl2NO2/c1-21(18(22)14-4-6-15(19)7-5-14)12-2-3-13-23-17-10-8-16(20)9-11-17/h4-11H,2-3,12-13H2,1H3. The van der Waals surface area contributed by atoms with Crippen LogP contribution in [0.1, 0.15) is 23.2 Å². The number of rotatable bonds is 7. The molecule has 0 aromatic heterocycles. The van der Waals surface area contributed by atoms with Crippen molar-refractivity contribution in [1.82, 2.24) is 4.90 Å². The first-order valence-electron chi connectivity index (χ1n) is 7.45. The number of amides is 1. The van der Waals surface area contributed by atoms with Crippen LogP contribution in [0.25, 0.3) is 0 Å². The monoisotopic (exact) mass is 351 g/mol. The maximum absolute atomic E-state index is 12.2. The highest BCUT2D eigenvalue weighted by Crippen LogP contribution is 2.16. The van der Waals surface area contributed by atoms with Gasteiger partial charge in [0.15, 0.2) is 0 Å². The number of hydrogen-bond acceptors (Lipinski definition) is 2. The van der Waals surface area contributed by atoms with Crippen LogP contribution in [0.5, 0.6) is 5.75 Å². The predicted octanol–water partition coefficient (Wildman–Crippen LogP) is 4.92. The van der Waals surface area contributed by atoms with Crippen molar-refractivity contribution < 1.29 is 9.53 Å². The summed E-state index contributed by atoms with van der Waals surface area (Å²) in [6.07, 6.45) is 1.75. The minimum absolute atomic E-state index is 0.000265. The molecule has 0 spiro atoms. The average molecular weight is 352 g/mol. The Kier molecular flexibility index (Phi) is 6.75. The van der Waals surface area contributed by atoms with Crippen LogP contribution in [-0.4, -0.2) is 31.0 Å². The van der Waals surface area contributed by atoms with E-state index in [9.17, 15) is 4.79 Å². The van der Waals surface area contributed by atoms with E-state index in [0.29, 0.717) is 28.8 Å². The molecule has 2 aromatic rings. The zero-order chi connectivity index (χ0) is 16.7. The smallest absolute Gasteiger partial charge is 0.253 e. The molecular weight excluding hydrogens is 333 g/mol. The quantitative estimate of drug-likeness (QED) is 0.662. The summed E-state index contributed by atoms with van der Waals surface area (Å²) < 4.78 is 5.62. The highest BCUT2D eigenvalue weighted by molar-refractivity contribution is 6.30. The lowest BCUT2D eigenvalue weighted by Crippen LogP contribution is -2.27. The van der Waals surface area contributed by atoms with Gasteiger partial charge in [0.25, 0.3) is 5.91 Å².